The van der Waals surface area contributed by atoms with Gasteiger partial charge in [0.1, 0.15) is 24.4 Å². The zero-order valence-electron chi connectivity index (χ0n) is 25.6. The van der Waals surface area contributed by atoms with Gasteiger partial charge in [0.2, 0.25) is 0 Å². The third-order valence-corrected chi connectivity index (χ3v) is 13.6. The van der Waals surface area contributed by atoms with Crippen LogP contribution in [-0.2, 0) is 18.9 Å². The summed E-state index contributed by atoms with van der Waals surface area (Å²) in [5, 5.41) is 52.1. The van der Waals surface area contributed by atoms with Crippen molar-refractivity contribution < 1.29 is 44.5 Å². The smallest absolute Gasteiger partial charge is 0.187 e. The molecule has 0 aromatic carbocycles. The Bertz CT molecular complexity index is 1060. The zero-order chi connectivity index (χ0) is 29.8. The number of hydrogen-bond donors (Lipinski definition) is 5. The summed E-state index contributed by atoms with van der Waals surface area (Å²) < 4.78 is 25.7. The first kappa shape index (κ1) is 30.1. The largest absolute Gasteiger partial charge is 0.394 e. The SMILES string of the molecule is CC1CC[C@@]2(OC1)O[C@H]1C[C@H]3[C@@H]4CC=C5C[C@@H](O)C[C@@H](O[C@@H]6O[C@H](CO)[C@H](O)[C@H](O)[C@H]6O)[C@]5(C)[C@H]4CC[C@]3(C)[C@H]1[C@@H]2C. The molecule has 9 heteroatoms. The Morgan fingerprint density at radius 2 is 1.76 bits per heavy atom. The van der Waals surface area contributed by atoms with Gasteiger partial charge in [-0.25, -0.2) is 0 Å². The van der Waals surface area contributed by atoms with Crippen LogP contribution in [0.5, 0.6) is 0 Å². The average Bonchev–Trinajstić information content (AvgIpc) is 3.41. The Kier molecular flexibility index (Phi) is 7.48. The van der Waals surface area contributed by atoms with Gasteiger partial charge in [-0.1, -0.05) is 39.3 Å². The highest BCUT2D eigenvalue weighted by Gasteiger charge is 2.69. The first-order chi connectivity index (χ1) is 19.9. The molecule has 0 aromatic heterocycles. The van der Waals surface area contributed by atoms with E-state index in [1.165, 1.54) is 5.57 Å². The Hall–Kier alpha value is -0.620. The predicted octanol–water partition coefficient (Wildman–Crippen LogP) is 2.51. The molecule has 7 rings (SSSR count). The molecule has 0 radical (unpaired) electrons. The predicted molar refractivity (Wildman–Crippen MR) is 152 cm³/mol. The maximum atomic E-state index is 10.9. The number of hydrogen-bond acceptors (Lipinski definition) is 9. The second-order valence-corrected chi connectivity index (χ2v) is 15.6. The lowest BCUT2D eigenvalue weighted by Gasteiger charge is -2.60. The molecule has 238 valence electrons. The summed E-state index contributed by atoms with van der Waals surface area (Å²) >= 11 is 0. The molecular weight excluding hydrogens is 540 g/mol. The quantitative estimate of drug-likeness (QED) is 0.313. The molecule has 42 heavy (non-hydrogen) atoms. The lowest BCUT2D eigenvalue weighted by molar-refractivity contribution is -0.324. The number of ether oxygens (including phenoxy) is 4. The monoisotopic (exact) mass is 592 g/mol. The van der Waals surface area contributed by atoms with Gasteiger partial charge < -0.3 is 44.5 Å². The first-order valence-corrected chi connectivity index (χ1v) is 16.6. The highest BCUT2D eigenvalue weighted by Crippen LogP contribution is 2.71. The maximum Gasteiger partial charge on any atom is 0.187 e. The summed E-state index contributed by atoms with van der Waals surface area (Å²) in [6, 6.07) is 0. The molecule has 0 amide bonds. The molecule has 9 nitrogen and oxygen atoms in total. The summed E-state index contributed by atoms with van der Waals surface area (Å²) in [5.74, 6) is 2.31. The van der Waals surface area contributed by atoms with E-state index in [1.54, 1.807) is 0 Å². The van der Waals surface area contributed by atoms with E-state index in [-0.39, 0.29) is 16.9 Å². The van der Waals surface area contributed by atoms with Crippen molar-refractivity contribution >= 4 is 0 Å². The van der Waals surface area contributed by atoms with Gasteiger partial charge in [-0.15, -0.1) is 0 Å². The van der Waals surface area contributed by atoms with Crippen LogP contribution in [0.4, 0.5) is 0 Å². The normalized spacial score (nSPS) is 59.0. The van der Waals surface area contributed by atoms with Gasteiger partial charge in [0.15, 0.2) is 12.1 Å². The zero-order valence-corrected chi connectivity index (χ0v) is 25.6. The molecule has 0 aromatic rings. The molecule has 3 saturated heterocycles. The minimum Gasteiger partial charge on any atom is -0.394 e. The number of aliphatic hydroxyl groups excluding tert-OH is 5. The van der Waals surface area contributed by atoms with Crippen LogP contribution in [0.1, 0.15) is 79.1 Å². The minimum absolute atomic E-state index is 0.171. The molecule has 7 aliphatic rings. The summed E-state index contributed by atoms with van der Waals surface area (Å²) in [6.45, 7) is 9.68. The van der Waals surface area contributed by atoms with E-state index < -0.39 is 55.3 Å². The molecular formula is C33H52O9. The molecule has 17 atom stereocenters. The Balaban J connectivity index is 1.15. The minimum atomic E-state index is -1.49. The Morgan fingerprint density at radius 1 is 0.976 bits per heavy atom. The number of aliphatic hydroxyl groups is 5. The van der Waals surface area contributed by atoms with E-state index in [4.69, 9.17) is 18.9 Å². The van der Waals surface area contributed by atoms with Gasteiger partial charge in [-0.2, -0.15) is 0 Å². The molecule has 3 saturated carbocycles. The van der Waals surface area contributed by atoms with Gasteiger partial charge in [0, 0.05) is 24.2 Å². The van der Waals surface area contributed by atoms with Crippen LogP contribution in [0.3, 0.4) is 0 Å². The van der Waals surface area contributed by atoms with Crippen molar-refractivity contribution in [3.8, 4) is 0 Å². The van der Waals surface area contributed by atoms with Crippen molar-refractivity contribution in [2.75, 3.05) is 13.2 Å². The molecule has 3 aliphatic heterocycles. The third-order valence-electron chi connectivity index (χ3n) is 13.6. The Morgan fingerprint density at radius 3 is 2.48 bits per heavy atom. The van der Waals surface area contributed by atoms with Crippen LogP contribution in [0.2, 0.25) is 0 Å². The van der Waals surface area contributed by atoms with Gasteiger partial charge >= 0.3 is 0 Å². The summed E-state index contributed by atoms with van der Waals surface area (Å²) in [6.07, 6.45) is 2.28. The van der Waals surface area contributed by atoms with Crippen LogP contribution in [0, 0.1) is 46.3 Å². The highest BCUT2D eigenvalue weighted by molar-refractivity contribution is 5.28. The lowest BCUT2D eigenvalue weighted by atomic mass is 9.46. The Labute approximate surface area is 249 Å². The van der Waals surface area contributed by atoms with Crippen LogP contribution in [0.25, 0.3) is 0 Å². The summed E-state index contributed by atoms with van der Waals surface area (Å²) in [5.41, 5.74) is 1.02. The van der Waals surface area contributed by atoms with Crippen molar-refractivity contribution in [3.63, 3.8) is 0 Å². The van der Waals surface area contributed by atoms with Crippen LogP contribution in [-0.4, -0.2) is 93.6 Å². The van der Waals surface area contributed by atoms with E-state index in [0.717, 1.165) is 45.1 Å². The fourth-order valence-electron chi connectivity index (χ4n) is 11.2. The van der Waals surface area contributed by atoms with Crippen molar-refractivity contribution in [2.45, 2.75) is 134 Å². The van der Waals surface area contributed by atoms with Crippen LogP contribution >= 0.6 is 0 Å². The molecule has 4 aliphatic carbocycles. The fourth-order valence-corrected chi connectivity index (χ4v) is 11.2. The van der Waals surface area contributed by atoms with E-state index in [1.807, 2.05) is 0 Å². The van der Waals surface area contributed by atoms with Crippen molar-refractivity contribution in [2.24, 2.45) is 46.3 Å². The number of allylic oxidation sites excluding steroid dienone is 1. The molecule has 3 heterocycles. The van der Waals surface area contributed by atoms with E-state index in [0.29, 0.717) is 48.3 Å². The third kappa shape index (κ3) is 4.21. The second kappa shape index (κ2) is 10.5. The van der Waals surface area contributed by atoms with E-state index in [2.05, 4.69) is 33.8 Å². The summed E-state index contributed by atoms with van der Waals surface area (Å²) in [7, 11) is 0. The highest BCUT2D eigenvalue weighted by atomic mass is 16.7. The molecule has 1 spiro atoms. The lowest BCUT2D eigenvalue weighted by Crippen LogP contribution is -2.62. The standard InChI is InChI=1S/C33H52O9/c1-16-7-10-33(39-15-16)17(2)26-23(42-33)13-22-20-6-5-18-11-19(35)12-25(32(18,4)21(20)8-9-31(22,26)3)41-30-29(38)28(37)27(36)24(14-34)40-30/h5,16-17,19-30,34-38H,6-15H2,1-4H3/t16?,17-,19+,20+,21-,22-,23-,24+,25+,26-,27-,28-,29+,30-,31-,32-,33+/m0/s1. The van der Waals surface area contributed by atoms with Crippen LogP contribution < -0.4 is 0 Å². The van der Waals surface area contributed by atoms with Crippen LogP contribution in [0.15, 0.2) is 11.6 Å². The van der Waals surface area contributed by atoms with Crippen molar-refractivity contribution in [1.82, 2.24) is 0 Å². The number of fused-ring (bicyclic) bond motifs is 7. The summed E-state index contributed by atoms with van der Waals surface area (Å²) in [4.78, 5) is 0. The number of rotatable bonds is 3. The topological polar surface area (TPSA) is 138 Å². The van der Waals surface area contributed by atoms with E-state index in [9.17, 15) is 25.5 Å². The van der Waals surface area contributed by atoms with E-state index >= 15 is 0 Å². The van der Waals surface area contributed by atoms with Gasteiger partial charge in [0.05, 0.1) is 31.5 Å². The van der Waals surface area contributed by atoms with Gasteiger partial charge in [-0.05, 0) is 73.5 Å². The fraction of sp³-hybridized carbons (Fsp3) is 0.939. The molecule has 5 N–H and O–H groups in total. The molecule has 1 unspecified atom stereocenters. The van der Waals surface area contributed by atoms with Crippen molar-refractivity contribution in [1.29, 1.82) is 0 Å². The van der Waals surface area contributed by atoms with Crippen molar-refractivity contribution in [3.05, 3.63) is 11.6 Å². The first-order valence-electron chi connectivity index (χ1n) is 16.6. The maximum absolute atomic E-state index is 10.9. The molecule has 0 bridgehead atoms. The van der Waals surface area contributed by atoms with Gasteiger partial charge in [-0.3, -0.25) is 0 Å². The average molecular weight is 593 g/mol. The van der Waals surface area contributed by atoms with Gasteiger partial charge in [0.25, 0.3) is 0 Å². The second-order valence-electron chi connectivity index (χ2n) is 15.6. The molecule has 6 fully saturated rings.